The van der Waals surface area contributed by atoms with Crippen LogP contribution in [0.25, 0.3) is 0 Å². The van der Waals surface area contributed by atoms with Gasteiger partial charge in [-0.25, -0.2) is 13.8 Å². The molecule has 0 atom stereocenters. The lowest BCUT2D eigenvalue weighted by Crippen LogP contribution is -2.58. The van der Waals surface area contributed by atoms with Crippen LogP contribution in [0.4, 0.5) is 14.5 Å². The number of hydrogen-bond donors (Lipinski definition) is 2. The minimum absolute atomic E-state index is 0.0132. The van der Waals surface area contributed by atoms with Crippen LogP contribution in [-0.4, -0.2) is 17.6 Å². The second-order valence-corrected chi connectivity index (χ2v) is 6.84. The molecule has 1 spiro atoms. The summed E-state index contributed by atoms with van der Waals surface area (Å²) in [4.78, 5) is 9.79. The van der Waals surface area contributed by atoms with E-state index < -0.39 is 17.3 Å². The van der Waals surface area contributed by atoms with E-state index in [1.807, 2.05) is 0 Å². The van der Waals surface area contributed by atoms with E-state index in [1.54, 1.807) is 0 Å². The number of rotatable bonds is 1. The fraction of sp³-hybridized carbons (Fsp3) is 0.429. The lowest BCUT2D eigenvalue weighted by atomic mass is 9.87. The van der Waals surface area contributed by atoms with E-state index in [2.05, 4.69) is 25.9 Å². The number of benzene rings is 1. The lowest BCUT2D eigenvalue weighted by Gasteiger charge is -2.45. The summed E-state index contributed by atoms with van der Waals surface area (Å²) >= 11 is 8.77. The SMILES string of the molecule is NC1=NC2(CCCCC2)N(c2c(F)cc(Cl)c(F)c2Br)C(N)=N1. The van der Waals surface area contributed by atoms with Crippen LogP contribution < -0.4 is 16.4 Å². The molecule has 1 aliphatic carbocycles. The predicted octanol–water partition coefficient (Wildman–Crippen LogP) is 3.49. The highest BCUT2D eigenvalue weighted by Gasteiger charge is 2.44. The van der Waals surface area contributed by atoms with Crippen LogP contribution in [0, 0.1) is 11.6 Å². The number of halogens is 4. The van der Waals surface area contributed by atoms with Gasteiger partial charge in [0.25, 0.3) is 0 Å². The maximum absolute atomic E-state index is 14.6. The lowest BCUT2D eigenvalue weighted by molar-refractivity contribution is 0.303. The van der Waals surface area contributed by atoms with Gasteiger partial charge >= 0.3 is 0 Å². The molecule has 1 fully saturated rings. The Labute approximate surface area is 145 Å². The maximum Gasteiger partial charge on any atom is 0.220 e. The van der Waals surface area contributed by atoms with E-state index in [-0.39, 0.29) is 27.1 Å². The van der Waals surface area contributed by atoms with Gasteiger partial charge in [-0.3, -0.25) is 4.90 Å². The van der Waals surface area contributed by atoms with E-state index in [4.69, 9.17) is 23.1 Å². The third kappa shape index (κ3) is 2.67. The predicted molar refractivity (Wildman–Crippen MR) is 90.6 cm³/mol. The summed E-state index contributed by atoms with van der Waals surface area (Å²) in [6.45, 7) is 0. The van der Waals surface area contributed by atoms with Crippen molar-refractivity contribution in [2.24, 2.45) is 21.5 Å². The second kappa shape index (κ2) is 5.90. The van der Waals surface area contributed by atoms with Crippen molar-refractivity contribution in [3.63, 3.8) is 0 Å². The number of nitrogens with zero attached hydrogens (tertiary/aromatic N) is 3. The molecule has 0 saturated heterocycles. The Kier molecular flexibility index (Phi) is 4.22. The third-order valence-electron chi connectivity index (χ3n) is 4.16. The summed E-state index contributed by atoms with van der Waals surface area (Å²) in [5, 5.41) is -0.314. The van der Waals surface area contributed by atoms with E-state index >= 15 is 0 Å². The van der Waals surface area contributed by atoms with Gasteiger partial charge in [0.15, 0.2) is 5.82 Å². The molecule has 23 heavy (non-hydrogen) atoms. The van der Waals surface area contributed by atoms with Crippen molar-refractivity contribution in [3.8, 4) is 0 Å². The highest BCUT2D eigenvalue weighted by atomic mass is 79.9. The monoisotopic (exact) mass is 405 g/mol. The van der Waals surface area contributed by atoms with Gasteiger partial charge in [-0.1, -0.05) is 18.0 Å². The molecule has 2 aliphatic rings. The number of guanidine groups is 2. The molecule has 0 aromatic heterocycles. The van der Waals surface area contributed by atoms with Crippen LogP contribution in [0.3, 0.4) is 0 Å². The molecule has 0 unspecified atom stereocenters. The van der Waals surface area contributed by atoms with Crippen LogP contribution in [-0.2, 0) is 0 Å². The first kappa shape index (κ1) is 16.4. The molecule has 1 aromatic carbocycles. The topological polar surface area (TPSA) is 80.0 Å². The van der Waals surface area contributed by atoms with Crippen molar-refractivity contribution < 1.29 is 8.78 Å². The molecule has 5 nitrogen and oxygen atoms in total. The van der Waals surface area contributed by atoms with Crippen molar-refractivity contribution >= 4 is 45.1 Å². The van der Waals surface area contributed by atoms with Gasteiger partial charge in [0.05, 0.1) is 15.2 Å². The van der Waals surface area contributed by atoms with Crippen molar-refractivity contribution in [3.05, 3.63) is 27.2 Å². The first-order valence-corrected chi connectivity index (χ1v) is 8.35. The molecule has 1 heterocycles. The molecule has 0 radical (unpaired) electrons. The summed E-state index contributed by atoms with van der Waals surface area (Å²) < 4.78 is 28.6. The van der Waals surface area contributed by atoms with Gasteiger partial charge in [-0.05, 0) is 47.7 Å². The van der Waals surface area contributed by atoms with Gasteiger partial charge in [0.1, 0.15) is 11.5 Å². The normalized spacial score (nSPS) is 20.4. The summed E-state index contributed by atoms with van der Waals surface area (Å²) in [5.41, 5.74) is 10.8. The zero-order valence-electron chi connectivity index (χ0n) is 12.1. The second-order valence-electron chi connectivity index (χ2n) is 5.64. The summed E-state index contributed by atoms with van der Waals surface area (Å²) in [6, 6.07) is 0.919. The number of anilines is 1. The average molecular weight is 407 g/mol. The van der Waals surface area contributed by atoms with Gasteiger partial charge in [0, 0.05) is 0 Å². The van der Waals surface area contributed by atoms with Crippen molar-refractivity contribution in [2.75, 3.05) is 4.90 Å². The van der Waals surface area contributed by atoms with Crippen LogP contribution >= 0.6 is 27.5 Å². The molecule has 124 valence electrons. The minimum atomic E-state index is -0.849. The average Bonchev–Trinajstić information content (AvgIpc) is 2.48. The van der Waals surface area contributed by atoms with Gasteiger partial charge < -0.3 is 11.5 Å². The van der Waals surface area contributed by atoms with E-state index in [0.717, 1.165) is 25.3 Å². The molecule has 4 N–H and O–H groups in total. The molecule has 1 aromatic rings. The summed E-state index contributed by atoms with van der Waals surface area (Å²) in [5.74, 6) is -1.43. The molecular weight excluding hydrogens is 392 g/mol. The Hall–Kier alpha value is -1.41. The maximum atomic E-state index is 14.6. The molecule has 9 heteroatoms. The Balaban J connectivity index is 2.21. The van der Waals surface area contributed by atoms with Crippen LogP contribution in [0.1, 0.15) is 32.1 Å². The highest BCUT2D eigenvalue weighted by molar-refractivity contribution is 9.10. The van der Waals surface area contributed by atoms with Crippen LogP contribution in [0.15, 0.2) is 20.5 Å². The highest BCUT2D eigenvalue weighted by Crippen LogP contribution is 2.44. The zero-order chi connectivity index (χ0) is 16.8. The fourth-order valence-corrected chi connectivity index (χ4v) is 4.09. The van der Waals surface area contributed by atoms with E-state index in [9.17, 15) is 8.78 Å². The van der Waals surface area contributed by atoms with Crippen molar-refractivity contribution in [2.45, 2.75) is 37.8 Å². The first-order chi connectivity index (χ1) is 10.9. The summed E-state index contributed by atoms with van der Waals surface area (Å²) in [6.07, 6.45) is 4.06. The smallest absolute Gasteiger partial charge is 0.220 e. The number of aliphatic imine (C=N–C) groups is 2. The van der Waals surface area contributed by atoms with Gasteiger partial charge in [-0.2, -0.15) is 4.99 Å². The standard InChI is InChI=1S/C14H15BrClF2N5/c15-9-10(18)7(16)6-8(17)11(9)23-13(20)21-12(19)22-14(23)4-2-1-3-5-14/h6H,1-5H2,(H4,19,20,21,22). The fourth-order valence-electron chi connectivity index (χ4n) is 3.21. The Bertz CT molecular complexity index is 716. The van der Waals surface area contributed by atoms with E-state index in [1.165, 1.54) is 4.90 Å². The largest absolute Gasteiger partial charge is 0.369 e. The van der Waals surface area contributed by atoms with Crippen LogP contribution in [0.5, 0.6) is 0 Å². The molecule has 0 bridgehead atoms. The Morgan fingerprint density at radius 2 is 1.87 bits per heavy atom. The third-order valence-corrected chi connectivity index (χ3v) is 5.16. The molecule has 1 saturated carbocycles. The molecule has 1 aliphatic heterocycles. The molecule has 3 rings (SSSR count). The Morgan fingerprint density at radius 1 is 1.22 bits per heavy atom. The zero-order valence-corrected chi connectivity index (χ0v) is 14.5. The van der Waals surface area contributed by atoms with E-state index in [0.29, 0.717) is 12.8 Å². The first-order valence-electron chi connectivity index (χ1n) is 7.18. The number of nitrogens with two attached hydrogens (primary N) is 2. The molecule has 0 amide bonds. The molecular formula is C14H15BrClF2N5. The minimum Gasteiger partial charge on any atom is -0.369 e. The quantitative estimate of drug-likeness (QED) is 0.553. The summed E-state index contributed by atoms with van der Waals surface area (Å²) in [7, 11) is 0. The van der Waals surface area contributed by atoms with Gasteiger partial charge in [0.2, 0.25) is 11.9 Å². The van der Waals surface area contributed by atoms with Gasteiger partial charge in [-0.15, -0.1) is 0 Å². The Morgan fingerprint density at radius 3 is 2.52 bits per heavy atom. The van der Waals surface area contributed by atoms with Crippen molar-refractivity contribution in [1.29, 1.82) is 0 Å². The van der Waals surface area contributed by atoms with Crippen molar-refractivity contribution in [1.82, 2.24) is 0 Å². The van der Waals surface area contributed by atoms with Crippen LogP contribution in [0.2, 0.25) is 5.02 Å². The number of hydrogen-bond acceptors (Lipinski definition) is 5.